The molecule has 1 aliphatic rings. The second kappa shape index (κ2) is 8.22. The highest BCUT2D eigenvalue weighted by atomic mass is 16.5. The number of ether oxygens (including phenoxy) is 1. The maximum atomic E-state index is 11.2. The van der Waals surface area contributed by atoms with E-state index in [2.05, 4.69) is 35.2 Å². The van der Waals surface area contributed by atoms with Crippen LogP contribution in [0.15, 0.2) is 48.5 Å². The molecule has 1 heterocycles. The van der Waals surface area contributed by atoms with Crippen molar-refractivity contribution in [2.75, 3.05) is 26.8 Å². The van der Waals surface area contributed by atoms with Gasteiger partial charge in [-0.15, -0.1) is 0 Å². The van der Waals surface area contributed by atoms with E-state index < -0.39 is 0 Å². The van der Waals surface area contributed by atoms with Crippen LogP contribution in [0.5, 0.6) is 0 Å². The summed E-state index contributed by atoms with van der Waals surface area (Å²) in [4.78, 5) is 13.7. The Morgan fingerprint density at radius 3 is 2.79 bits per heavy atom. The summed E-state index contributed by atoms with van der Waals surface area (Å²) in [5.74, 6) is 0.609. The number of hydrogen-bond acceptors (Lipinski definition) is 3. The summed E-state index contributed by atoms with van der Waals surface area (Å²) in [5, 5.41) is 0. The fraction of sp³-hybridized carbons (Fsp3) is 0.381. The van der Waals surface area contributed by atoms with Crippen molar-refractivity contribution in [3.05, 3.63) is 59.7 Å². The van der Waals surface area contributed by atoms with Gasteiger partial charge >= 0.3 is 0 Å². The van der Waals surface area contributed by atoms with Gasteiger partial charge in [-0.05, 0) is 48.1 Å². The van der Waals surface area contributed by atoms with Gasteiger partial charge in [-0.25, -0.2) is 0 Å². The summed E-state index contributed by atoms with van der Waals surface area (Å²) in [6, 6.07) is 16.4. The highest BCUT2D eigenvalue weighted by molar-refractivity contribution is 5.78. The van der Waals surface area contributed by atoms with Crippen molar-refractivity contribution < 1.29 is 9.53 Å². The van der Waals surface area contributed by atoms with Crippen LogP contribution in [-0.2, 0) is 11.3 Å². The van der Waals surface area contributed by atoms with Crippen LogP contribution in [0.1, 0.15) is 28.8 Å². The number of nitrogens with zero attached hydrogens (tertiary/aromatic N) is 1. The summed E-state index contributed by atoms with van der Waals surface area (Å²) < 4.78 is 5.34. The number of methoxy groups -OCH3 is 1. The molecule has 0 saturated carbocycles. The number of benzene rings is 2. The first-order valence-electron chi connectivity index (χ1n) is 8.65. The monoisotopic (exact) mass is 323 g/mol. The van der Waals surface area contributed by atoms with Gasteiger partial charge in [0.2, 0.25) is 0 Å². The molecule has 2 aromatic carbocycles. The fourth-order valence-electron chi connectivity index (χ4n) is 3.62. The van der Waals surface area contributed by atoms with Crippen molar-refractivity contribution in [3.63, 3.8) is 0 Å². The average Bonchev–Trinajstić information content (AvgIpc) is 2.63. The van der Waals surface area contributed by atoms with Crippen LogP contribution >= 0.6 is 0 Å². The number of aldehydes is 1. The Labute approximate surface area is 144 Å². The quantitative estimate of drug-likeness (QED) is 0.752. The van der Waals surface area contributed by atoms with Gasteiger partial charge in [0.05, 0.1) is 6.61 Å². The summed E-state index contributed by atoms with van der Waals surface area (Å²) in [6.45, 7) is 3.88. The number of rotatable bonds is 6. The number of carbonyl (C=O) groups is 1. The molecule has 0 radical (unpaired) electrons. The third kappa shape index (κ3) is 4.11. The van der Waals surface area contributed by atoms with E-state index in [-0.39, 0.29) is 0 Å². The van der Waals surface area contributed by atoms with Crippen LogP contribution < -0.4 is 0 Å². The number of hydrogen-bond donors (Lipinski definition) is 0. The lowest BCUT2D eigenvalue weighted by molar-refractivity contribution is 0.0874. The number of likely N-dealkylation sites (tertiary alicyclic amines) is 1. The molecule has 0 N–H and O–H groups in total. The van der Waals surface area contributed by atoms with Gasteiger partial charge in [0, 0.05) is 25.8 Å². The molecule has 126 valence electrons. The van der Waals surface area contributed by atoms with Gasteiger partial charge in [-0.3, -0.25) is 9.69 Å². The maximum absolute atomic E-state index is 11.2. The first-order valence-corrected chi connectivity index (χ1v) is 8.65. The molecule has 1 unspecified atom stereocenters. The molecular formula is C21H25NO2. The lowest BCUT2D eigenvalue weighted by Crippen LogP contribution is -2.36. The highest BCUT2D eigenvalue weighted by Gasteiger charge is 2.20. The predicted molar refractivity (Wildman–Crippen MR) is 97.1 cm³/mol. The third-order valence-corrected chi connectivity index (χ3v) is 4.75. The van der Waals surface area contributed by atoms with Gasteiger partial charge < -0.3 is 4.74 Å². The molecule has 0 aliphatic carbocycles. The topological polar surface area (TPSA) is 29.5 Å². The molecule has 1 saturated heterocycles. The molecular weight excluding hydrogens is 298 g/mol. The van der Waals surface area contributed by atoms with Gasteiger partial charge in [-0.1, -0.05) is 42.5 Å². The van der Waals surface area contributed by atoms with E-state index in [1.165, 1.54) is 29.5 Å². The van der Waals surface area contributed by atoms with Gasteiger partial charge in [0.1, 0.15) is 6.29 Å². The van der Waals surface area contributed by atoms with Crippen molar-refractivity contribution in [1.82, 2.24) is 4.90 Å². The first-order chi connectivity index (χ1) is 11.8. The minimum Gasteiger partial charge on any atom is -0.384 e. The lowest BCUT2D eigenvalue weighted by atomic mass is 9.95. The zero-order valence-electron chi connectivity index (χ0n) is 14.3. The SMILES string of the molecule is COCC1CCCN(Cc2cc(C=O)ccc2-c2ccccc2)C1. The van der Waals surface area contributed by atoms with E-state index in [9.17, 15) is 4.79 Å². The van der Waals surface area contributed by atoms with Crippen LogP contribution in [0.2, 0.25) is 0 Å². The smallest absolute Gasteiger partial charge is 0.150 e. The minimum atomic E-state index is 0.609. The first kappa shape index (κ1) is 16.9. The second-order valence-corrected chi connectivity index (χ2v) is 6.60. The van der Waals surface area contributed by atoms with Crippen molar-refractivity contribution in [2.24, 2.45) is 5.92 Å². The Morgan fingerprint density at radius 1 is 1.21 bits per heavy atom. The van der Waals surface area contributed by atoms with Crippen molar-refractivity contribution in [3.8, 4) is 11.1 Å². The summed E-state index contributed by atoms with van der Waals surface area (Å²) in [7, 11) is 1.78. The fourth-order valence-corrected chi connectivity index (χ4v) is 3.62. The van der Waals surface area contributed by atoms with E-state index in [1.54, 1.807) is 7.11 Å². The Balaban J connectivity index is 1.84. The predicted octanol–water partition coefficient (Wildman–Crippen LogP) is 4.02. The molecule has 0 aromatic heterocycles. The zero-order chi connectivity index (χ0) is 16.8. The summed E-state index contributed by atoms with van der Waals surface area (Å²) >= 11 is 0. The molecule has 1 aliphatic heterocycles. The summed E-state index contributed by atoms with van der Waals surface area (Å²) in [6.07, 6.45) is 3.38. The molecule has 1 fully saturated rings. The van der Waals surface area contributed by atoms with E-state index >= 15 is 0 Å². The van der Waals surface area contributed by atoms with Crippen molar-refractivity contribution >= 4 is 6.29 Å². The van der Waals surface area contributed by atoms with Crippen LogP contribution in [0.3, 0.4) is 0 Å². The Kier molecular flexibility index (Phi) is 5.78. The van der Waals surface area contributed by atoms with Crippen LogP contribution in [0.25, 0.3) is 11.1 Å². The zero-order valence-corrected chi connectivity index (χ0v) is 14.3. The van der Waals surface area contributed by atoms with Gasteiger partial charge in [0.25, 0.3) is 0 Å². The minimum absolute atomic E-state index is 0.609. The second-order valence-electron chi connectivity index (χ2n) is 6.60. The van der Waals surface area contributed by atoms with Crippen LogP contribution in [-0.4, -0.2) is 38.0 Å². The largest absolute Gasteiger partial charge is 0.384 e. The standard InChI is InChI=1S/C21H25NO2/c1-24-16-18-6-5-11-22(13-18)14-20-12-17(15-23)9-10-21(20)19-7-3-2-4-8-19/h2-4,7-10,12,15,18H,5-6,11,13-14,16H2,1H3. The van der Waals surface area contributed by atoms with E-state index in [0.717, 1.165) is 38.1 Å². The molecule has 1 atom stereocenters. The van der Waals surface area contributed by atoms with Crippen molar-refractivity contribution in [1.29, 1.82) is 0 Å². The Hall–Kier alpha value is -1.97. The van der Waals surface area contributed by atoms with E-state index in [0.29, 0.717) is 5.92 Å². The molecule has 24 heavy (non-hydrogen) atoms. The molecule has 3 rings (SSSR count). The summed E-state index contributed by atoms with van der Waals surface area (Å²) in [5.41, 5.74) is 4.39. The van der Waals surface area contributed by atoms with Gasteiger partial charge in [-0.2, -0.15) is 0 Å². The van der Waals surface area contributed by atoms with E-state index in [1.807, 2.05) is 18.2 Å². The molecule has 2 aromatic rings. The Morgan fingerprint density at radius 2 is 2.04 bits per heavy atom. The highest BCUT2D eigenvalue weighted by Crippen LogP contribution is 2.27. The Bertz CT molecular complexity index is 667. The number of carbonyl (C=O) groups excluding carboxylic acids is 1. The van der Waals surface area contributed by atoms with E-state index in [4.69, 9.17) is 4.74 Å². The lowest BCUT2D eigenvalue weighted by Gasteiger charge is -2.33. The normalized spacial score (nSPS) is 18.5. The van der Waals surface area contributed by atoms with Gasteiger partial charge in [0.15, 0.2) is 0 Å². The maximum Gasteiger partial charge on any atom is 0.150 e. The van der Waals surface area contributed by atoms with Crippen LogP contribution in [0.4, 0.5) is 0 Å². The third-order valence-electron chi connectivity index (χ3n) is 4.75. The van der Waals surface area contributed by atoms with Crippen LogP contribution in [0, 0.1) is 5.92 Å². The molecule has 0 amide bonds. The molecule has 0 spiro atoms. The molecule has 0 bridgehead atoms. The number of piperidine rings is 1. The molecule has 3 heteroatoms. The average molecular weight is 323 g/mol. The molecule has 3 nitrogen and oxygen atoms in total. The van der Waals surface area contributed by atoms with Crippen molar-refractivity contribution in [2.45, 2.75) is 19.4 Å².